The lowest BCUT2D eigenvalue weighted by Crippen LogP contribution is -2.52. The molecule has 1 aromatic rings. The summed E-state index contributed by atoms with van der Waals surface area (Å²) in [6.45, 7) is 0.915. The van der Waals surface area contributed by atoms with Gasteiger partial charge in [0.05, 0.1) is 0 Å². The maximum atomic E-state index is 12.8. The highest BCUT2D eigenvalue weighted by atomic mass is 19.1. The van der Waals surface area contributed by atoms with Crippen molar-refractivity contribution in [2.24, 2.45) is 5.92 Å². The molecule has 9 nitrogen and oxygen atoms in total. The van der Waals surface area contributed by atoms with E-state index in [1.54, 1.807) is 0 Å². The van der Waals surface area contributed by atoms with Crippen molar-refractivity contribution in [3.8, 4) is 5.75 Å². The van der Waals surface area contributed by atoms with Gasteiger partial charge in [0.1, 0.15) is 17.1 Å². The maximum Gasteiger partial charge on any atom is 0.344 e. The molecule has 0 unspecified atom stereocenters. The number of nitrogens with zero attached hydrogens (tertiary/aromatic N) is 1. The quantitative estimate of drug-likeness (QED) is 0.542. The standard InChI is InChI=1S/C19H22FN3O6/c1-12-6-8-19(9-7-12)17(26)23(18(27)21-19)22-15(24)10-29-16(25)11-28-14-4-2-13(20)3-5-14/h2-5,12H,6-11H2,1H3,(H,21,27)(H,22,24). The van der Waals surface area contributed by atoms with E-state index in [1.165, 1.54) is 24.3 Å². The summed E-state index contributed by atoms with van der Waals surface area (Å²) in [4.78, 5) is 48.4. The van der Waals surface area contributed by atoms with Gasteiger partial charge in [0.15, 0.2) is 13.2 Å². The van der Waals surface area contributed by atoms with E-state index in [0.717, 1.165) is 12.8 Å². The summed E-state index contributed by atoms with van der Waals surface area (Å²) in [6.07, 6.45) is 2.64. The topological polar surface area (TPSA) is 114 Å². The van der Waals surface area contributed by atoms with Gasteiger partial charge in [0.25, 0.3) is 11.8 Å². The molecule has 1 aliphatic carbocycles. The second kappa shape index (κ2) is 8.46. The van der Waals surface area contributed by atoms with Crippen molar-refractivity contribution in [2.45, 2.75) is 38.1 Å². The zero-order valence-electron chi connectivity index (χ0n) is 15.9. The number of amides is 4. The molecule has 1 aromatic carbocycles. The van der Waals surface area contributed by atoms with E-state index < -0.39 is 48.4 Å². The van der Waals surface area contributed by atoms with Crippen LogP contribution in [0.15, 0.2) is 24.3 Å². The van der Waals surface area contributed by atoms with Gasteiger partial charge in [-0.1, -0.05) is 6.92 Å². The summed E-state index contributed by atoms with van der Waals surface area (Å²) in [7, 11) is 0. The van der Waals surface area contributed by atoms with Crippen molar-refractivity contribution < 1.29 is 33.0 Å². The van der Waals surface area contributed by atoms with Crippen LogP contribution in [-0.2, 0) is 19.1 Å². The van der Waals surface area contributed by atoms with E-state index in [2.05, 4.69) is 17.7 Å². The van der Waals surface area contributed by atoms with Gasteiger partial charge in [-0.2, -0.15) is 5.01 Å². The fourth-order valence-electron chi connectivity index (χ4n) is 3.33. The number of hydrogen-bond donors (Lipinski definition) is 2. The van der Waals surface area contributed by atoms with Crippen LogP contribution < -0.4 is 15.5 Å². The Kier molecular flexibility index (Phi) is 6.00. The van der Waals surface area contributed by atoms with Crippen molar-refractivity contribution in [1.82, 2.24) is 15.8 Å². The van der Waals surface area contributed by atoms with Crippen molar-refractivity contribution in [1.29, 1.82) is 0 Å². The van der Waals surface area contributed by atoms with E-state index in [4.69, 9.17) is 9.47 Å². The zero-order valence-corrected chi connectivity index (χ0v) is 15.9. The Balaban J connectivity index is 1.44. The molecule has 4 amide bonds. The van der Waals surface area contributed by atoms with Gasteiger partial charge in [0, 0.05) is 0 Å². The minimum absolute atomic E-state index is 0.263. The molecule has 1 aliphatic heterocycles. The molecule has 2 aliphatic rings. The Morgan fingerprint density at radius 1 is 1.21 bits per heavy atom. The van der Waals surface area contributed by atoms with Gasteiger partial charge in [-0.15, -0.1) is 0 Å². The molecular formula is C19H22FN3O6. The summed E-state index contributed by atoms with van der Waals surface area (Å²) < 4.78 is 22.7. The summed E-state index contributed by atoms with van der Waals surface area (Å²) in [5, 5.41) is 3.31. The van der Waals surface area contributed by atoms with Gasteiger partial charge < -0.3 is 14.8 Å². The predicted octanol–water partition coefficient (Wildman–Crippen LogP) is 1.28. The summed E-state index contributed by atoms with van der Waals surface area (Å²) in [5.74, 6) is -1.87. The number of urea groups is 1. The number of carbonyl (C=O) groups is 4. The lowest BCUT2D eigenvalue weighted by molar-refractivity contribution is -0.152. The van der Waals surface area contributed by atoms with E-state index in [9.17, 15) is 23.6 Å². The minimum Gasteiger partial charge on any atom is -0.482 e. The molecule has 0 atom stereocenters. The highest BCUT2D eigenvalue weighted by molar-refractivity contribution is 6.08. The molecular weight excluding hydrogens is 385 g/mol. The van der Waals surface area contributed by atoms with Gasteiger partial charge in [-0.05, 0) is 55.9 Å². The fourth-order valence-corrected chi connectivity index (χ4v) is 3.33. The summed E-state index contributed by atoms with van der Waals surface area (Å²) in [5.41, 5.74) is 1.19. The van der Waals surface area contributed by atoms with Gasteiger partial charge in [0.2, 0.25) is 0 Å². The average Bonchev–Trinajstić information content (AvgIpc) is 2.92. The molecule has 156 valence electrons. The largest absolute Gasteiger partial charge is 0.482 e. The van der Waals surface area contributed by atoms with E-state index in [-0.39, 0.29) is 5.75 Å². The van der Waals surface area contributed by atoms with Crippen molar-refractivity contribution in [2.75, 3.05) is 13.2 Å². The third-order valence-corrected chi connectivity index (χ3v) is 5.06. The van der Waals surface area contributed by atoms with Crippen LogP contribution in [-0.4, -0.2) is 47.6 Å². The first-order valence-electron chi connectivity index (χ1n) is 9.29. The Labute approximate surface area is 166 Å². The number of nitrogens with one attached hydrogen (secondary N) is 2. The molecule has 2 fully saturated rings. The Hall–Kier alpha value is -3.17. The highest BCUT2D eigenvalue weighted by Gasteiger charge is 2.52. The third kappa shape index (κ3) is 4.82. The molecule has 29 heavy (non-hydrogen) atoms. The second-order valence-corrected chi connectivity index (χ2v) is 7.27. The van der Waals surface area contributed by atoms with Crippen molar-refractivity contribution in [3.63, 3.8) is 0 Å². The first-order valence-corrected chi connectivity index (χ1v) is 9.29. The zero-order chi connectivity index (χ0) is 21.0. The third-order valence-electron chi connectivity index (χ3n) is 5.06. The number of imide groups is 1. The number of benzene rings is 1. The van der Waals surface area contributed by atoms with Crippen LogP contribution in [0.2, 0.25) is 0 Å². The van der Waals surface area contributed by atoms with E-state index in [1.807, 2.05) is 0 Å². The van der Waals surface area contributed by atoms with Crippen LogP contribution in [0.1, 0.15) is 32.6 Å². The average molecular weight is 407 g/mol. The number of hydrazine groups is 1. The lowest BCUT2D eigenvalue weighted by Gasteiger charge is -2.33. The summed E-state index contributed by atoms with van der Waals surface area (Å²) in [6, 6.07) is 4.32. The van der Waals surface area contributed by atoms with Crippen LogP contribution in [0.5, 0.6) is 5.75 Å². The molecule has 1 saturated heterocycles. The molecule has 0 bridgehead atoms. The maximum absolute atomic E-state index is 12.8. The van der Waals surface area contributed by atoms with Gasteiger partial charge in [-0.25, -0.2) is 14.0 Å². The van der Waals surface area contributed by atoms with E-state index >= 15 is 0 Å². The van der Waals surface area contributed by atoms with Crippen LogP contribution >= 0.6 is 0 Å². The van der Waals surface area contributed by atoms with Crippen molar-refractivity contribution >= 4 is 23.8 Å². The number of rotatable bonds is 6. The Morgan fingerprint density at radius 2 is 1.86 bits per heavy atom. The lowest BCUT2D eigenvalue weighted by atomic mass is 9.77. The van der Waals surface area contributed by atoms with Crippen LogP contribution in [0.4, 0.5) is 9.18 Å². The highest BCUT2D eigenvalue weighted by Crippen LogP contribution is 2.35. The number of halogens is 1. The molecule has 0 radical (unpaired) electrons. The first-order chi connectivity index (χ1) is 13.8. The Morgan fingerprint density at radius 3 is 2.52 bits per heavy atom. The molecule has 1 saturated carbocycles. The molecule has 1 heterocycles. The molecule has 1 spiro atoms. The number of ether oxygens (including phenoxy) is 2. The SMILES string of the molecule is CC1CCC2(CC1)NC(=O)N(NC(=O)COC(=O)COc1ccc(F)cc1)C2=O. The predicted molar refractivity (Wildman–Crippen MR) is 96.7 cm³/mol. The van der Waals surface area contributed by atoms with Gasteiger partial charge in [-0.3, -0.25) is 15.0 Å². The van der Waals surface area contributed by atoms with Crippen molar-refractivity contribution in [3.05, 3.63) is 30.1 Å². The minimum atomic E-state index is -0.976. The fraction of sp³-hybridized carbons (Fsp3) is 0.474. The number of hydrogen-bond acceptors (Lipinski definition) is 6. The van der Waals surface area contributed by atoms with Crippen LogP contribution in [0.25, 0.3) is 0 Å². The van der Waals surface area contributed by atoms with E-state index in [0.29, 0.717) is 23.8 Å². The van der Waals surface area contributed by atoms with Crippen LogP contribution in [0, 0.1) is 11.7 Å². The summed E-state index contributed by atoms with van der Waals surface area (Å²) >= 11 is 0. The molecule has 0 aromatic heterocycles. The molecule has 2 N–H and O–H groups in total. The molecule has 10 heteroatoms. The number of esters is 1. The normalized spacial score (nSPS) is 23.7. The van der Waals surface area contributed by atoms with Gasteiger partial charge >= 0.3 is 12.0 Å². The van der Waals surface area contributed by atoms with Crippen LogP contribution in [0.3, 0.4) is 0 Å². The number of carbonyl (C=O) groups excluding carboxylic acids is 4. The monoisotopic (exact) mass is 407 g/mol. The second-order valence-electron chi connectivity index (χ2n) is 7.27. The molecule has 3 rings (SSSR count). The Bertz CT molecular complexity index is 805. The smallest absolute Gasteiger partial charge is 0.344 e. The first kappa shape index (κ1) is 20.6.